The number of allylic oxidation sites excluding steroid dienone is 1. The number of hydrogen-bond acceptors (Lipinski definition) is 7. The number of nitro benzene ring substituents is 1. The van der Waals surface area contributed by atoms with Crippen molar-refractivity contribution in [2.45, 2.75) is 0 Å². The second-order valence-corrected chi connectivity index (χ2v) is 6.60. The number of rotatable bonds is 6. The SMILES string of the molecule is COC(=O)c1cc(-c2ccc(/C=C(\C#N)C(=O)c3cccc([N+](=O)[O-])c3)o2)ccc1Cl. The van der Waals surface area contributed by atoms with Crippen LogP contribution < -0.4 is 0 Å². The summed E-state index contributed by atoms with van der Waals surface area (Å²) in [4.78, 5) is 34.7. The number of esters is 1. The normalized spacial score (nSPS) is 10.9. The summed E-state index contributed by atoms with van der Waals surface area (Å²) in [7, 11) is 1.24. The van der Waals surface area contributed by atoms with Crippen molar-refractivity contribution in [1.29, 1.82) is 5.26 Å². The van der Waals surface area contributed by atoms with E-state index in [0.29, 0.717) is 11.3 Å². The van der Waals surface area contributed by atoms with Crippen molar-refractivity contribution in [3.05, 3.63) is 92.2 Å². The Balaban J connectivity index is 1.92. The molecule has 0 aliphatic heterocycles. The van der Waals surface area contributed by atoms with Crippen LogP contribution in [-0.2, 0) is 4.74 Å². The van der Waals surface area contributed by atoms with Gasteiger partial charge in [0.2, 0.25) is 5.78 Å². The molecule has 0 saturated heterocycles. The molecule has 0 bridgehead atoms. The fraction of sp³-hybridized carbons (Fsp3) is 0.0455. The number of methoxy groups -OCH3 is 1. The van der Waals surface area contributed by atoms with Crippen LogP contribution in [0, 0.1) is 21.4 Å². The number of nitriles is 1. The van der Waals surface area contributed by atoms with Crippen LogP contribution in [0.1, 0.15) is 26.5 Å². The number of ether oxygens (including phenoxy) is 1. The lowest BCUT2D eigenvalue weighted by Crippen LogP contribution is -2.02. The predicted molar refractivity (Wildman–Crippen MR) is 112 cm³/mol. The molecule has 0 aliphatic carbocycles. The predicted octanol–water partition coefficient (Wildman–Crippen LogP) is 5.08. The highest BCUT2D eigenvalue weighted by Gasteiger charge is 2.17. The first-order valence-electron chi connectivity index (χ1n) is 8.73. The zero-order chi connectivity index (χ0) is 22.5. The van der Waals surface area contributed by atoms with Gasteiger partial charge in [-0.05, 0) is 30.3 Å². The maximum atomic E-state index is 12.6. The third-order valence-corrected chi connectivity index (χ3v) is 4.58. The molecular formula is C22H13ClN2O6. The number of ketones is 1. The van der Waals surface area contributed by atoms with Gasteiger partial charge in [0.15, 0.2) is 0 Å². The van der Waals surface area contributed by atoms with Crippen molar-refractivity contribution >= 4 is 35.1 Å². The molecule has 0 spiro atoms. The molecule has 0 atom stereocenters. The van der Waals surface area contributed by atoms with Crippen molar-refractivity contribution in [3.8, 4) is 17.4 Å². The molecule has 3 aromatic rings. The highest BCUT2D eigenvalue weighted by molar-refractivity contribution is 6.33. The van der Waals surface area contributed by atoms with Crippen LogP contribution >= 0.6 is 11.6 Å². The Kier molecular flexibility index (Phi) is 6.29. The van der Waals surface area contributed by atoms with Crippen LogP contribution in [0.5, 0.6) is 0 Å². The minimum absolute atomic E-state index is 0.00852. The second-order valence-electron chi connectivity index (χ2n) is 6.19. The van der Waals surface area contributed by atoms with Gasteiger partial charge in [0.25, 0.3) is 5.69 Å². The van der Waals surface area contributed by atoms with Gasteiger partial charge in [0.1, 0.15) is 23.2 Å². The zero-order valence-electron chi connectivity index (χ0n) is 16.0. The van der Waals surface area contributed by atoms with Crippen molar-refractivity contribution in [3.63, 3.8) is 0 Å². The summed E-state index contributed by atoms with van der Waals surface area (Å²) in [5.74, 6) is -0.704. The van der Waals surface area contributed by atoms with Gasteiger partial charge in [-0.15, -0.1) is 0 Å². The van der Waals surface area contributed by atoms with E-state index in [1.807, 2.05) is 0 Å². The first-order chi connectivity index (χ1) is 14.8. The Morgan fingerprint density at radius 1 is 1.19 bits per heavy atom. The second kappa shape index (κ2) is 9.07. The van der Waals surface area contributed by atoms with Crippen LogP contribution in [0.3, 0.4) is 0 Å². The van der Waals surface area contributed by atoms with Crippen LogP contribution in [-0.4, -0.2) is 23.8 Å². The molecule has 8 nitrogen and oxygen atoms in total. The number of furan rings is 1. The van der Waals surface area contributed by atoms with E-state index in [0.717, 1.165) is 6.07 Å². The molecule has 0 fully saturated rings. The maximum Gasteiger partial charge on any atom is 0.339 e. The van der Waals surface area contributed by atoms with Gasteiger partial charge in [0, 0.05) is 29.3 Å². The lowest BCUT2D eigenvalue weighted by atomic mass is 10.0. The number of halogens is 1. The van der Waals surface area contributed by atoms with Crippen LogP contribution in [0.2, 0.25) is 5.02 Å². The number of carbonyl (C=O) groups is 2. The standard InChI is InChI=1S/C22H13ClN2O6/c1-30-22(27)18-11-13(5-7-19(18)23)20-8-6-17(31-20)10-15(12-24)21(26)14-3-2-4-16(9-14)25(28)29/h2-11H,1H3/b15-10+. The van der Waals surface area contributed by atoms with Crippen LogP contribution in [0.25, 0.3) is 17.4 Å². The Bertz CT molecular complexity index is 1270. The fourth-order valence-corrected chi connectivity index (χ4v) is 2.93. The van der Waals surface area contributed by atoms with Crippen molar-refractivity contribution in [2.75, 3.05) is 7.11 Å². The Labute approximate surface area is 181 Å². The average molecular weight is 437 g/mol. The van der Waals surface area contributed by atoms with Crippen molar-refractivity contribution in [2.24, 2.45) is 0 Å². The molecule has 0 amide bonds. The molecule has 0 unspecified atom stereocenters. The molecule has 9 heteroatoms. The van der Waals surface area contributed by atoms with Gasteiger partial charge in [0.05, 0.1) is 22.6 Å². The Morgan fingerprint density at radius 3 is 2.65 bits per heavy atom. The van der Waals surface area contributed by atoms with E-state index < -0.39 is 16.7 Å². The lowest BCUT2D eigenvalue weighted by molar-refractivity contribution is -0.384. The minimum Gasteiger partial charge on any atom is -0.465 e. The topological polar surface area (TPSA) is 123 Å². The zero-order valence-corrected chi connectivity index (χ0v) is 16.8. The van der Waals surface area contributed by atoms with Gasteiger partial charge in [-0.1, -0.05) is 23.7 Å². The molecule has 3 rings (SSSR count). The first kappa shape index (κ1) is 21.5. The monoisotopic (exact) mass is 436 g/mol. The van der Waals surface area contributed by atoms with E-state index in [1.165, 1.54) is 43.5 Å². The molecular weight excluding hydrogens is 424 g/mol. The van der Waals surface area contributed by atoms with Gasteiger partial charge in [-0.2, -0.15) is 5.26 Å². The van der Waals surface area contributed by atoms with E-state index >= 15 is 0 Å². The van der Waals surface area contributed by atoms with E-state index in [4.69, 9.17) is 20.8 Å². The molecule has 0 saturated carbocycles. The van der Waals surface area contributed by atoms with E-state index in [2.05, 4.69) is 0 Å². The number of non-ortho nitro benzene ring substituents is 1. The summed E-state index contributed by atoms with van der Waals surface area (Å²) < 4.78 is 10.4. The summed E-state index contributed by atoms with van der Waals surface area (Å²) in [5.41, 5.74) is 0.191. The Hall–Kier alpha value is -4.22. The maximum absolute atomic E-state index is 12.6. The third-order valence-electron chi connectivity index (χ3n) is 4.25. The molecule has 2 aromatic carbocycles. The minimum atomic E-state index is -0.677. The first-order valence-corrected chi connectivity index (χ1v) is 9.11. The number of Topliss-reactive ketones (excluding diaryl/α,β-unsaturated/α-hetero) is 1. The smallest absolute Gasteiger partial charge is 0.339 e. The van der Waals surface area contributed by atoms with Crippen LogP contribution in [0.15, 0.2) is 64.6 Å². The van der Waals surface area contributed by atoms with Gasteiger partial charge < -0.3 is 9.15 Å². The largest absolute Gasteiger partial charge is 0.465 e. The van der Waals surface area contributed by atoms with Crippen LogP contribution in [0.4, 0.5) is 5.69 Å². The molecule has 1 heterocycles. The summed E-state index contributed by atoms with van der Waals surface area (Å²) in [6.07, 6.45) is 1.24. The van der Waals surface area contributed by atoms with Crippen molar-refractivity contribution < 1.29 is 23.7 Å². The van der Waals surface area contributed by atoms with Crippen molar-refractivity contribution in [1.82, 2.24) is 0 Å². The summed E-state index contributed by atoms with van der Waals surface area (Å²) in [6.45, 7) is 0. The molecule has 0 aliphatic rings. The van der Waals surface area contributed by atoms with Gasteiger partial charge in [-0.3, -0.25) is 14.9 Å². The molecule has 154 valence electrons. The number of nitrogens with zero attached hydrogens (tertiary/aromatic N) is 2. The molecule has 1 aromatic heterocycles. The molecule has 31 heavy (non-hydrogen) atoms. The fourth-order valence-electron chi connectivity index (χ4n) is 2.74. The average Bonchev–Trinajstić information content (AvgIpc) is 3.25. The summed E-state index contributed by atoms with van der Waals surface area (Å²) >= 11 is 6.02. The highest BCUT2D eigenvalue weighted by Crippen LogP contribution is 2.28. The number of nitro groups is 1. The van der Waals surface area contributed by atoms with E-state index in [9.17, 15) is 25.0 Å². The van der Waals surface area contributed by atoms with E-state index in [1.54, 1.807) is 24.3 Å². The third kappa shape index (κ3) is 4.69. The summed E-state index contributed by atoms with van der Waals surface area (Å²) in [5, 5.41) is 20.5. The quantitative estimate of drug-likeness (QED) is 0.132. The lowest BCUT2D eigenvalue weighted by Gasteiger charge is -2.04. The number of carbonyl (C=O) groups excluding carboxylic acids is 2. The molecule has 0 N–H and O–H groups in total. The highest BCUT2D eigenvalue weighted by atomic mass is 35.5. The molecule has 0 radical (unpaired) electrons. The van der Waals surface area contributed by atoms with Gasteiger partial charge in [-0.25, -0.2) is 4.79 Å². The number of hydrogen-bond donors (Lipinski definition) is 0. The Morgan fingerprint density at radius 2 is 1.97 bits per heavy atom. The van der Waals surface area contributed by atoms with Gasteiger partial charge >= 0.3 is 5.97 Å². The number of benzene rings is 2. The summed E-state index contributed by atoms with van der Waals surface area (Å²) in [6, 6.07) is 14.7. The van der Waals surface area contributed by atoms with E-state index in [-0.39, 0.29) is 33.2 Å².